The van der Waals surface area contributed by atoms with Gasteiger partial charge in [0.1, 0.15) is 5.75 Å². The molecule has 0 bridgehead atoms. The van der Waals surface area contributed by atoms with Crippen LogP contribution < -0.4 is 10.5 Å². The highest BCUT2D eigenvalue weighted by Crippen LogP contribution is 2.30. The summed E-state index contributed by atoms with van der Waals surface area (Å²) in [7, 11) is 0. The van der Waals surface area contributed by atoms with Gasteiger partial charge in [-0.05, 0) is 49.8 Å². The van der Waals surface area contributed by atoms with E-state index in [1.807, 2.05) is 13.8 Å². The molecule has 2 unspecified atom stereocenters. The Morgan fingerprint density at radius 2 is 1.89 bits per heavy atom. The van der Waals surface area contributed by atoms with E-state index in [0.717, 1.165) is 25.2 Å². The zero-order valence-electron chi connectivity index (χ0n) is 11.9. The minimum Gasteiger partial charge on any atom is -0.494 e. The third-order valence-corrected chi connectivity index (χ3v) is 3.08. The van der Waals surface area contributed by atoms with Crippen LogP contribution in [-0.4, -0.2) is 12.6 Å². The fourth-order valence-corrected chi connectivity index (χ4v) is 1.99. The van der Waals surface area contributed by atoms with Gasteiger partial charge in [-0.3, -0.25) is 0 Å². The maximum atomic E-state index is 5.85. The Hall–Kier alpha value is -0.730. The smallest absolute Gasteiger partial charge is 0.122 e. The summed E-state index contributed by atoms with van der Waals surface area (Å²) in [5.41, 5.74) is 8.47. The van der Waals surface area contributed by atoms with Crippen LogP contribution in [0.5, 0.6) is 5.75 Å². The number of nitrogens with two attached hydrogens (primary N) is 1. The number of hydrogen-bond donors (Lipinski definition) is 1. The maximum Gasteiger partial charge on any atom is 0.122 e. The Labute approximate surface area is 117 Å². The first-order chi connectivity index (χ1) is 8.08. The third-order valence-electron chi connectivity index (χ3n) is 3.08. The van der Waals surface area contributed by atoms with Crippen LogP contribution in [0.2, 0.25) is 0 Å². The fourth-order valence-electron chi connectivity index (χ4n) is 1.99. The quantitative estimate of drug-likeness (QED) is 0.851. The molecule has 2 atom stereocenters. The topological polar surface area (TPSA) is 35.2 Å². The Bertz CT molecular complexity index is 352. The van der Waals surface area contributed by atoms with Crippen LogP contribution in [0.3, 0.4) is 0 Å². The summed E-state index contributed by atoms with van der Waals surface area (Å²) < 4.78 is 5.69. The third kappa shape index (κ3) is 4.87. The van der Waals surface area contributed by atoms with Crippen molar-refractivity contribution in [2.75, 3.05) is 6.61 Å². The summed E-state index contributed by atoms with van der Waals surface area (Å²) in [4.78, 5) is 0. The van der Waals surface area contributed by atoms with E-state index in [-0.39, 0.29) is 18.4 Å². The Balaban J connectivity index is 0.00000289. The molecule has 1 rings (SSSR count). The van der Waals surface area contributed by atoms with Gasteiger partial charge in [0.05, 0.1) is 6.61 Å². The maximum absolute atomic E-state index is 5.85. The highest BCUT2D eigenvalue weighted by atomic mass is 35.5. The van der Waals surface area contributed by atoms with Crippen molar-refractivity contribution in [3.8, 4) is 5.75 Å². The lowest BCUT2D eigenvalue weighted by atomic mass is 9.94. The molecule has 2 nitrogen and oxygen atoms in total. The molecule has 0 saturated heterocycles. The van der Waals surface area contributed by atoms with Gasteiger partial charge in [0.15, 0.2) is 0 Å². The number of halogens is 1. The van der Waals surface area contributed by atoms with Crippen LogP contribution in [0.1, 0.15) is 51.2 Å². The molecular formula is C15H26ClNO. The average molecular weight is 272 g/mol. The van der Waals surface area contributed by atoms with Crippen molar-refractivity contribution in [2.45, 2.75) is 52.5 Å². The van der Waals surface area contributed by atoms with Crippen LogP contribution in [0, 0.1) is 0 Å². The molecule has 0 radical (unpaired) electrons. The Morgan fingerprint density at radius 3 is 2.39 bits per heavy atom. The summed E-state index contributed by atoms with van der Waals surface area (Å²) >= 11 is 0. The van der Waals surface area contributed by atoms with Gasteiger partial charge in [-0.1, -0.05) is 26.0 Å². The first-order valence-electron chi connectivity index (χ1n) is 6.59. The second kappa shape index (κ2) is 8.39. The lowest BCUT2D eigenvalue weighted by Crippen LogP contribution is -2.18. The first-order valence-corrected chi connectivity index (χ1v) is 6.59. The van der Waals surface area contributed by atoms with Crippen LogP contribution in [0.15, 0.2) is 18.2 Å². The molecule has 0 heterocycles. The molecule has 0 amide bonds. The number of benzene rings is 1. The molecule has 0 fully saturated rings. The van der Waals surface area contributed by atoms with Gasteiger partial charge in [-0.2, -0.15) is 0 Å². The molecule has 0 aromatic heterocycles. The molecule has 2 N–H and O–H groups in total. The van der Waals surface area contributed by atoms with E-state index in [4.69, 9.17) is 10.5 Å². The zero-order valence-corrected chi connectivity index (χ0v) is 12.7. The molecular weight excluding hydrogens is 246 g/mol. The second-order valence-corrected chi connectivity index (χ2v) is 4.80. The van der Waals surface area contributed by atoms with Gasteiger partial charge < -0.3 is 10.5 Å². The summed E-state index contributed by atoms with van der Waals surface area (Å²) in [6.07, 6.45) is 2.05. The van der Waals surface area contributed by atoms with E-state index in [1.54, 1.807) is 0 Å². The molecule has 0 spiro atoms. The van der Waals surface area contributed by atoms with E-state index in [0.29, 0.717) is 5.92 Å². The molecule has 1 aromatic carbocycles. The van der Waals surface area contributed by atoms with E-state index >= 15 is 0 Å². The van der Waals surface area contributed by atoms with E-state index in [2.05, 4.69) is 32.0 Å². The van der Waals surface area contributed by atoms with E-state index in [1.165, 1.54) is 11.1 Å². The van der Waals surface area contributed by atoms with Crippen molar-refractivity contribution >= 4 is 12.4 Å². The summed E-state index contributed by atoms with van der Waals surface area (Å²) in [6, 6.07) is 6.67. The van der Waals surface area contributed by atoms with Crippen LogP contribution in [0.4, 0.5) is 0 Å². The monoisotopic (exact) mass is 271 g/mol. The second-order valence-electron chi connectivity index (χ2n) is 4.80. The first kappa shape index (κ1) is 17.3. The standard InChI is InChI=1S/C15H25NO.ClH/c1-5-11(3)14-10-13(9-12(4)16)7-8-15(14)17-6-2;/h7-8,10-12H,5-6,9,16H2,1-4H3;1H. The van der Waals surface area contributed by atoms with Gasteiger partial charge in [-0.15, -0.1) is 12.4 Å². The van der Waals surface area contributed by atoms with Crippen molar-refractivity contribution in [1.29, 1.82) is 0 Å². The molecule has 0 aliphatic heterocycles. The van der Waals surface area contributed by atoms with Gasteiger partial charge >= 0.3 is 0 Å². The van der Waals surface area contributed by atoms with Crippen molar-refractivity contribution in [3.05, 3.63) is 29.3 Å². The predicted molar refractivity (Wildman–Crippen MR) is 80.9 cm³/mol. The summed E-state index contributed by atoms with van der Waals surface area (Å²) in [5, 5.41) is 0. The van der Waals surface area contributed by atoms with Crippen LogP contribution in [-0.2, 0) is 6.42 Å². The van der Waals surface area contributed by atoms with Gasteiger partial charge in [0, 0.05) is 6.04 Å². The van der Waals surface area contributed by atoms with E-state index in [9.17, 15) is 0 Å². The highest BCUT2D eigenvalue weighted by molar-refractivity contribution is 5.85. The Kier molecular flexibility index (Phi) is 8.05. The minimum absolute atomic E-state index is 0. The summed E-state index contributed by atoms with van der Waals surface area (Å²) in [5.74, 6) is 1.56. The van der Waals surface area contributed by atoms with Crippen molar-refractivity contribution in [1.82, 2.24) is 0 Å². The largest absolute Gasteiger partial charge is 0.494 e. The van der Waals surface area contributed by atoms with Crippen LogP contribution in [0.25, 0.3) is 0 Å². The molecule has 0 aliphatic carbocycles. The minimum atomic E-state index is 0. The molecule has 18 heavy (non-hydrogen) atoms. The fraction of sp³-hybridized carbons (Fsp3) is 0.600. The van der Waals surface area contributed by atoms with Gasteiger partial charge in [0.25, 0.3) is 0 Å². The zero-order chi connectivity index (χ0) is 12.8. The number of hydrogen-bond acceptors (Lipinski definition) is 2. The van der Waals surface area contributed by atoms with Gasteiger partial charge in [-0.25, -0.2) is 0 Å². The number of rotatable bonds is 6. The average Bonchev–Trinajstić information content (AvgIpc) is 2.29. The Morgan fingerprint density at radius 1 is 1.22 bits per heavy atom. The molecule has 1 aromatic rings. The number of ether oxygens (including phenoxy) is 1. The van der Waals surface area contributed by atoms with Crippen molar-refractivity contribution < 1.29 is 4.74 Å². The molecule has 3 heteroatoms. The summed E-state index contributed by atoms with van der Waals surface area (Å²) in [6.45, 7) is 9.23. The highest BCUT2D eigenvalue weighted by Gasteiger charge is 2.11. The lowest BCUT2D eigenvalue weighted by Gasteiger charge is -2.17. The molecule has 104 valence electrons. The SMILES string of the molecule is CCOc1ccc(CC(C)N)cc1C(C)CC.Cl. The normalized spacial score (nSPS) is 13.6. The lowest BCUT2D eigenvalue weighted by molar-refractivity contribution is 0.334. The molecule has 0 saturated carbocycles. The van der Waals surface area contributed by atoms with Crippen molar-refractivity contribution in [2.24, 2.45) is 5.73 Å². The van der Waals surface area contributed by atoms with Crippen molar-refractivity contribution in [3.63, 3.8) is 0 Å². The van der Waals surface area contributed by atoms with E-state index < -0.39 is 0 Å². The predicted octanol–water partition coefficient (Wildman–Crippen LogP) is 3.91. The van der Waals surface area contributed by atoms with Gasteiger partial charge in [0.2, 0.25) is 0 Å². The molecule has 0 aliphatic rings. The van der Waals surface area contributed by atoms with Crippen LogP contribution >= 0.6 is 12.4 Å².